The van der Waals surface area contributed by atoms with Gasteiger partial charge in [0.25, 0.3) is 11.5 Å². The van der Waals surface area contributed by atoms with Gasteiger partial charge >= 0.3 is 0 Å². The fourth-order valence-electron chi connectivity index (χ4n) is 2.61. The van der Waals surface area contributed by atoms with Crippen molar-refractivity contribution in [2.75, 3.05) is 5.32 Å². The second-order valence-electron chi connectivity index (χ2n) is 6.14. The quantitative estimate of drug-likeness (QED) is 0.775. The Morgan fingerprint density at radius 2 is 2.08 bits per heavy atom. The predicted octanol–water partition coefficient (Wildman–Crippen LogP) is 3.56. The number of nitrogens with zero attached hydrogens (tertiary/aromatic N) is 3. The highest BCUT2D eigenvalue weighted by Gasteiger charge is 2.13. The molecule has 0 fully saturated rings. The van der Waals surface area contributed by atoms with Crippen molar-refractivity contribution in [3.05, 3.63) is 50.9 Å². The first-order valence-electron chi connectivity index (χ1n) is 8.18. The van der Waals surface area contributed by atoms with Crippen LogP contribution in [0.3, 0.4) is 0 Å². The molecule has 3 aromatic rings. The molecule has 0 saturated carbocycles. The van der Waals surface area contributed by atoms with E-state index < -0.39 is 0 Å². The number of nitrogens with one attached hydrogen (secondary N) is 1. The molecular weight excluding hydrogens is 336 g/mol. The van der Waals surface area contributed by atoms with Gasteiger partial charge in [0.15, 0.2) is 5.13 Å². The van der Waals surface area contributed by atoms with Crippen LogP contribution >= 0.6 is 11.3 Å². The molecule has 130 valence electrons. The molecule has 0 aliphatic carbocycles. The molecule has 0 aliphatic heterocycles. The molecule has 1 N–H and O–H groups in total. The van der Waals surface area contributed by atoms with Crippen LogP contribution in [0.2, 0.25) is 0 Å². The Bertz CT molecular complexity index is 1000. The Kier molecular flexibility index (Phi) is 4.67. The summed E-state index contributed by atoms with van der Waals surface area (Å²) in [6.45, 7) is 8.27. The Morgan fingerprint density at radius 3 is 2.72 bits per heavy atom. The topological polar surface area (TPSA) is 76.9 Å². The summed E-state index contributed by atoms with van der Waals surface area (Å²) in [6, 6.07) is 5.18. The summed E-state index contributed by atoms with van der Waals surface area (Å²) in [5, 5.41) is 5.35. The number of hydrogen-bond donors (Lipinski definition) is 1. The number of hydrogen-bond acceptors (Lipinski definition) is 5. The van der Waals surface area contributed by atoms with Gasteiger partial charge in [0.2, 0.25) is 0 Å². The van der Waals surface area contributed by atoms with Gasteiger partial charge in [-0.1, -0.05) is 13.8 Å². The number of carbonyl (C=O) groups is 1. The zero-order valence-corrected chi connectivity index (χ0v) is 15.5. The average molecular weight is 356 g/mol. The maximum absolute atomic E-state index is 12.5. The molecule has 0 aliphatic rings. The van der Waals surface area contributed by atoms with Crippen molar-refractivity contribution < 1.29 is 4.79 Å². The molecule has 0 saturated heterocycles. The van der Waals surface area contributed by atoms with Crippen molar-refractivity contribution in [2.24, 2.45) is 0 Å². The van der Waals surface area contributed by atoms with Gasteiger partial charge in [0, 0.05) is 17.5 Å². The number of fused-ring (bicyclic) bond motifs is 1. The SMILES string of the molecule is CCn1c(=O)c(C)nc2cc(C(=O)Nc3nc(C(C)C)cs3)ccc21. The summed E-state index contributed by atoms with van der Waals surface area (Å²) in [7, 11) is 0. The lowest BCUT2D eigenvalue weighted by atomic mass is 10.1. The summed E-state index contributed by atoms with van der Waals surface area (Å²) in [4.78, 5) is 33.4. The number of amides is 1. The molecule has 0 bridgehead atoms. The molecule has 1 aromatic carbocycles. The van der Waals surface area contributed by atoms with E-state index in [-0.39, 0.29) is 11.5 Å². The molecule has 25 heavy (non-hydrogen) atoms. The van der Waals surface area contributed by atoms with Gasteiger partial charge in [-0.05, 0) is 38.0 Å². The first-order chi connectivity index (χ1) is 11.9. The average Bonchev–Trinajstić information content (AvgIpc) is 3.04. The van der Waals surface area contributed by atoms with E-state index in [4.69, 9.17) is 0 Å². The summed E-state index contributed by atoms with van der Waals surface area (Å²) in [6.07, 6.45) is 0. The highest BCUT2D eigenvalue weighted by Crippen LogP contribution is 2.22. The van der Waals surface area contributed by atoms with Gasteiger partial charge < -0.3 is 4.57 Å². The third-order valence-electron chi connectivity index (χ3n) is 4.02. The van der Waals surface area contributed by atoms with E-state index in [1.807, 2.05) is 12.3 Å². The number of carbonyl (C=O) groups excluding carboxylic acids is 1. The van der Waals surface area contributed by atoms with E-state index >= 15 is 0 Å². The van der Waals surface area contributed by atoms with Gasteiger partial charge in [0.1, 0.15) is 5.69 Å². The second-order valence-corrected chi connectivity index (χ2v) is 6.99. The van der Waals surface area contributed by atoms with Crippen LogP contribution in [-0.2, 0) is 6.54 Å². The third-order valence-corrected chi connectivity index (χ3v) is 4.80. The molecule has 3 rings (SSSR count). The number of aromatic nitrogens is 3. The summed E-state index contributed by atoms with van der Waals surface area (Å²) in [5.41, 5.74) is 3.13. The van der Waals surface area contributed by atoms with Crippen LogP contribution in [0.1, 0.15) is 48.4 Å². The van der Waals surface area contributed by atoms with Gasteiger partial charge in [0.05, 0.1) is 16.7 Å². The first kappa shape index (κ1) is 17.3. The molecule has 0 spiro atoms. The monoisotopic (exact) mass is 356 g/mol. The minimum Gasteiger partial charge on any atom is -0.305 e. The van der Waals surface area contributed by atoms with E-state index in [0.29, 0.717) is 34.4 Å². The Hall–Kier alpha value is -2.54. The Morgan fingerprint density at radius 1 is 1.32 bits per heavy atom. The number of benzene rings is 1. The van der Waals surface area contributed by atoms with Crippen molar-refractivity contribution in [3.8, 4) is 0 Å². The zero-order chi connectivity index (χ0) is 18.1. The standard InChI is InChI=1S/C18H20N4O2S/c1-5-22-15-7-6-12(8-13(15)19-11(4)17(22)24)16(23)21-18-20-14(9-25-18)10(2)3/h6-10H,5H2,1-4H3,(H,20,21,23). The molecule has 6 nitrogen and oxygen atoms in total. The third kappa shape index (κ3) is 3.32. The van der Waals surface area contributed by atoms with Crippen molar-refractivity contribution in [3.63, 3.8) is 0 Å². The number of rotatable bonds is 4. The zero-order valence-electron chi connectivity index (χ0n) is 14.7. The lowest BCUT2D eigenvalue weighted by Crippen LogP contribution is -2.23. The van der Waals surface area contributed by atoms with E-state index in [1.165, 1.54) is 11.3 Å². The molecule has 2 heterocycles. The van der Waals surface area contributed by atoms with E-state index in [1.54, 1.807) is 29.7 Å². The number of thiazole rings is 1. The van der Waals surface area contributed by atoms with Gasteiger partial charge in [-0.15, -0.1) is 11.3 Å². The summed E-state index contributed by atoms with van der Waals surface area (Å²) < 4.78 is 1.66. The van der Waals surface area contributed by atoms with Crippen LogP contribution < -0.4 is 10.9 Å². The molecule has 0 radical (unpaired) electrons. The molecule has 7 heteroatoms. The normalized spacial score (nSPS) is 11.2. The smallest absolute Gasteiger partial charge is 0.272 e. The predicted molar refractivity (Wildman–Crippen MR) is 101 cm³/mol. The van der Waals surface area contributed by atoms with Crippen LogP contribution in [-0.4, -0.2) is 20.4 Å². The Labute approximate surface area is 149 Å². The maximum atomic E-state index is 12.5. The first-order valence-corrected chi connectivity index (χ1v) is 9.06. The molecule has 0 atom stereocenters. The number of anilines is 1. The highest BCUT2D eigenvalue weighted by molar-refractivity contribution is 7.14. The fraction of sp³-hybridized carbons (Fsp3) is 0.333. The Balaban J connectivity index is 1.94. The fourth-order valence-corrected chi connectivity index (χ4v) is 3.47. The van der Waals surface area contributed by atoms with Crippen LogP contribution in [0.15, 0.2) is 28.4 Å². The van der Waals surface area contributed by atoms with Crippen molar-refractivity contribution in [1.82, 2.24) is 14.5 Å². The molecular formula is C18H20N4O2S. The van der Waals surface area contributed by atoms with Gasteiger partial charge in [-0.3, -0.25) is 14.9 Å². The van der Waals surface area contributed by atoms with E-state index in [2.05, 4.69) is 29.1 Å². The van der Waals surface area contributed by atoms with Crippen LogP contribution in [0.25, 0.3) is 11.0 Å². The summed E-state index contributed by atoms with van der Waals surface area (Å²) >= 11 is 1.41. The highest BCUT2D eigenvalue weighted by atomic mass is 32.1. The van der Waals surface area contributed by atoms with Crippen LogP contribution in [0.4, 0.5) is 5.13 Å². The van der Waals surface area contributed by atoms with Gasteiger partial charge in [-0.25, -0.2) is 9.97 Å². The van der Waals surface area contributed by atoms with Gasteiger partial charge in [-0.2, -0.15) is 0 Å². The van der Waals surface area contributed by atoms with Crippen LogP contribution in [0.5, 0.6) is 0 Å². The van der Waals surface area contributed by atoms with Crippen molar-refractivity contribution in [1.29, 1.82) is 0 Å². The van der Waals surface area contributed by atoms with Crippen LogP contribution in [0, 0.1) is 6.92 Å². The maximum Gasteiger partial charge on any atom is 0.272 e. The minimum absolute atomic E-state index is 0.101. The van der Waals surface area contributed by atoms with E-state index in [0.717, 1.165) is 11.2 Å². The minimum atomic E-state index is -0.236. The molecule has 2 aromatic heterocycles. The van der Waals surface area contributed by atoms with Crippen molar-refractivity contribution in [2.45, 2.75) is 40.2 Å². The van der Waals surface area contributed by atoms with E-state index in [9.17, 15) is 9.59 Å². The molecule has 0 unspecified atom stereocenters. The lowest BCUT2D eigenvalue weighted by Gasteiger charge is -2.10. The van der Waals surface area contributed by atoms with Crippen molar-refractivity contribution >= 4 is 33.4 Å². The lowest BCUT2D eigenvalue weighted by molar-refractivity contribution is 0.102. The second kappa shape index (κ2) is 6.76. The number of aryl methyl sites for hydroxylation is 2. The largest absolute Gasteiger partial charge is 0.305 e. The molecule has 1 amide bonds. The summed E-state index contributed by atoms with van der Waals surface area (Å²) in [5.74, 6) is 0.0841.